The van der Waals surface area contributed by atoms with Gasteiger partial charge in [0.25, 0.3) is 0 Å². The Kier molecular flexibility index (Phi) is 4.02. The average molecular weight is 231 g/mol. The molecule has 0 spiro atoms. The molecule has 1 aromatic rings. The van der Waals surface area contributed by atoms with Crippen molar-refractivity contribution in [3.05, 3.63) is 30.3 Å². The molecule has 3 heteroatoms. The maximum absolute atomic E-state index is 5.84. The number of benzene rings is 1. The highest BCUT2D eigenvalue weighted by atomic mass is 15.1. The molecule has 2 rings (SSSR count). The Morgan fingerprint density at radius 3 is 2.71 bits per heavy atom. The quantitative estimate of drug-likeness (QED) is 0.463. The van der Waals surface area contributed by atoms with Crippen LogP contribution in [-0.2, 0) is 0 Å². The minimum absolute atomic E-state index is 0.599. The first-order valence-corrected chi connectivity index (χ1v) is 6.33. The monoisotopic (exact) mass is 231 g/mol. The van der Waals surface area contributed by atoms with Crippen LogP contribution >= 0.6 is 0 Å². The molecule has 0 aliphatic heterocycles. The van der Waals surface area contributed by atoms with E-state index in [1.54, 1.807) is 0 Å². The molecule has 0 bridgehead atoms. The van der Waals surface area contributed by atoms with Gasteiger partial charge in [0, 0.05) is 31.7 Å². The highest BCUT2D eigenvalue weighted by molar-refractivity contribution is 5.84. The first-order chi connectivity index (χ1) is 8.27. The number of rotatable bonds is 6. The lowest BCUT2D eigenvalue weighted by Gasteiger charge is -2.18. The number of nitrogens with zero attached hydrogens (tertiary/aromatic N) is 2. The van der Waals surface area contributed by atoms with E-state index in [2.05, 4.69) is 41.2 Å². The summed E-state index contributed by atoms with van der Waals surface area (Å²) in [6.07, 6.45) is 3.53. The number of amidine groups is 1. The predicted molar refractivity (Wildman–Crippen MR) is 73.5 cm³/mol. The van der Waals surface area contributed by atoms with Crippen LogP contribution in [0.3, 0.4) is 0 Å². The van der Waals surface area contributed by atoms with Crippen LogP contribution in [0.15, 0.2) is 35.3 Å². The van der Waals surface area contributed by atoms with Gasteiger partial charge in [-0.2, -0.15) is 0 Å². The standard InChI is InChI=1S/C14H21N3/c1-17(13-6-3-2-4-7-13)11-5-10-16-14(15)12-8-9-12/h2-4,6-7,12H,5,8-11H2,1H3,(H2,15,16). The normalized spacial score (nSPS) is 15.9. The molecule has 1 aromatic carbocycles. The zero-order valence-electron chi connectivity index (χ0n) is 10.5. The second-order valence-electron chi connectivity index (χ2n) is 4.69. The Morgan fingerprint density at radius 1 is 1.35 bits per heavy atom. The summed E-state index contributed by atoms with van der Waals surface area (Å²) in [6.45, 7) is 1.87. The number of hydrogen-bond acceptors (Lipinski definition) is 2. The molecule has 1 aliphatic carbocycles. The van der Waals surface area contributed by atoms with Crippen LogP contribution in [0.2, 0.25) is 0 Å². The molecule has 0 radical (unpaired) electrons. The van der Waals surface area contributed by atoms with Gasteiger partial charge in [0.1, 0.15) is 0 Å². The van der Waals surface area contributed by atoms with Crippen LogP contribution in [0.4, 0.5) is 5.69 Å². The van der Waals surface area contributed by atoms with E-state index < -0.39 is 0 Å². The van der Waals surface area contributed by atoms with Crippen molar-refractivity contribution in [3.63, 3.8) is 0 Å². The molecule has 0 heterocycles. The summed E-state index contributed by atoms with van der Waals surface area (Å²) >= 11 is 0. The van der Waals surface area contributed by atoms with Gasteiger partial charge in [-0.05, 0) is 31.4 Å². The molecule has 0 aromatic heterocycles. The number of hydrogen-bond donors (Lipinski definition) is 1. The molecule has 1 aliphatic rings. The summed E-state index contributed by atoms with van der Waals surface area (Å²) in [5, 5.41) is 0. The summed E-state index contributed by atoms with van der Waals surface area (Å²) in [4.78, 5) is 6.67. The van der Waals surface area contributed by atoms with Crippen LogP contribution in [-0.4, -0.2) is 26.0 Å². The summed E-state index contributed by atoms with van der Waals surface area (Å²) in [7, 11) is 2.11. The maximum atomic E-state index is 5.84. The fourth-order valence-corrected chi connectivity index (χ4v) is 1.84. The lowest BCUT2D eigenvalue weighted by molar-refractivity contribution is 0.792. The molecule has 0 atom stereocenters. The molecule has 3 nitrogen and oxygen atoms in total. The zero-order valence-corrected chi connectivity index (χ0v) is 10.5. The van der Waals surface area contributed by atoms with E-state index >= 15 is 0 Å². The summed E-state index contributed by atoms with van der Waals surface area (Å²) < 4.78 is 0. The second-order valence-corrected chi connectivity index (χ2v) is 4.69. The molecule has 0 amide bonds. The van der Waals surface area contributed by atoms with Crippen molar-refractivity contribution in [1.82, 2.24) is 0 Å². The van der Waals surface area contributed by atoms with E-state index in [-0.39, 0.29) is 0 Å². The number of anilines is 1. The molecular formula is C14H21N3. The van der Waals surface area contributed by atoms with Gasteiger partial charge < -0.3 is 10.6 Å². The SMILES string of the molecule is CN(CCCN=C(N)C1CC1)c1ccccc1. The van der Waals surface area contributed by atoms with Gasteiger partial charge in [-0.15, -0.1) is 0 Å². The van der Waals surface area contributed by atoms with E-state index in [1.165, 1.54) is 18.5 Å². The molecule has 92 valence electrons. The maximum Gasteiger partial charge on any atom is 0.0968 e. The number of nitrogens with two attached hydrogens (primary N) is 1. The van der Waals surface area contributed by atoms with Gasteiger partial charge in [-0.3, -0.25) is 4.99 Å². The molecule has 17 heavy (non-hydrogen) atoms. The zero-order chi connectivity index (χ0) is 12.1. The third kappa shape index (κ3) is 3.77. The molecule has 1 saturated carbocycles. The second kappa shape index (κ2) is 5.71. The van der Waals surface area contributed by atoms with Crippen molar-refractivity contribution in [2.24, 2.45) is 16.6 Å². The highest BCUT2D eigenvalue weighted by Crippen LogP contribution is 2.28. The lowest BCUT2D eigenvalue weighted by Crippen LogP contribution is -2.20. The van der Waals surface area contributed by atoms with Gasteiger partial charge in [-0.1, -0.05) is 18.2 Å². The average Bonchev–Trinajstić information content (AvgIpc) is 3.19. The fraction of sp³-hybridized carbons (Fsp3) is 0.500. The van der Waals surface area contributed by atoms with Crippen molar-refractivity contribution in [3.8, 4) is 0 Å². The van der Waals surface area contributed by atoms with Crippen LogP contribution in [0.1, 0.15) is 19.3 Å². The lowest BCUT2D eigenvalue weighted by atomic mass is 10.3. The van der Waals surface area contributed by atoms with Gasteiger partial charge >= 0.3 is 0 Å². The van der Waals surface area contributed by atoms with Crippen molar-refractivity contribution >= 4 is 11.5 Å². The van der Waals surface area contributed by atoms with Crippen molar-refractivity contribution in [1.29, 1.82) is 0 Å². The van der Waals surface area contributed by atoms with E-state index in [1.807, 2.05) is 6.07 Å². The Morgan fingerprint density at radius 2 is 2.06 bits per heavy atom. The largest absolute Gasteiger partial charge is 0.387 e. The Bertz CT molecular complexity index is 368. The predicted octanol–water partition coefficient (Wildman–Crippen LogP) is 2.28. The van der Waals surface area contributed by atoms with E-state index in [4.69, 9.17) is 5.73 Å². The Balaban J connectivity index is 1.69. The van der Waals surface area contributed by atoms with Gasteiger partial charge in [0.05, 0.1) is 5.84 Å². The Hall–Kier alpha value is -1.51. The third-order valence-electron chi connectivity index (χ3n) is 3.14. The third-order valence-corrected chi connectivity index (χ3v) is 3.14. The molecule has 0 saturated heterocycles. The van der Waals surface area contributed by atoms with Crippen molar-refractivity contribution < 1.29 is 0 Å². The fourth-order valence-electron chi connectivity index (χ4n) is 1.84. The van der Waals surface area contributed by atoms with Crippen LogP contribution in [0, 0.1) is 5.92 Å². The number of para-hydroxylation sites is 1. The van der Waals surface area contributed by atoms with E-state index in [9.17, 15) is 0 Å². The van der Waals surface area contributed by atoms with E-state index in [0.717, 1.165) is 25.3 Å². The van der Waals surface area contributed by atoms with E-state index in [0.29, 0.717) is 5.92 Å². The summed E-state index contributed by atoms with van der Waals surface area (Å²) in [6, 6.07) is 10.4. The molecule has 1 fully saturated rings. The van der Waals surface area contributed by atoms with Crippen LogP contribution < -0.4 is 10.6 Å². The summed E-state index contributed by atoms with van der Waals surface area (Å²) in [5.41, 5.74) is 7.10. The first kappa shape index (κ1) is 12.0. The van der Waals surface area contributed by atoms with Crippen LogP contribution in [0.25, 0.3) is 0 Å². The molecule has 2 N–H and O–H groups in total. The summed E-state index contributed by atoms with van der Waals surface area (Å²) in [5.74, 6) is 1.47. The van der Waals surface area contributed by atoms with Crippen molar-refractivity contribution in [2.75, 3.05) is 25.0 Å². The molecular weight excluding hydrogens is 210 g/mol. The Labute approximate surface area is 103 Å². The van der Waals surface area contributed by atoms with Gasteiger partial charge in [-0.25, -0.2) is 0 Å². The smallest absolute Gasteiger partial charge is 0.0968 e. The minimum atomic E-state index is 0.599. The van der Waals surface area contributed by atoms with Crippen molar-refractivity contribution in [2.45, 2.75) is 19.3 Å². The minimum Gasteiger partial charge on any atom is -0.387 e. The molecule has 0 unspecified atom stereocenters. The first-order valence-electron chi connectivity index (χ1n) is 6.33. The number of aliphatic imine (C=N–C) groups is 1. The highest BCUT2D eigenvalue weighted by Gasteiger charge is 2.24. The topological polar surface area (TPSA) is 41.6 Å². The van der Waals surface area contributed by atoms with Gasteiger partial charge in [0.15, 0.2) is 0 Å². The van der Waals surface area contributed by atoms with Gasteiger partial charge in [0.2, 0.25) is 0 Å². The van der Waals surface area contributed by atoms with Crippen LogP contribution in [0.5, 0.6) is 0 Å².